The summed E-state index contributed by atoms with van der Waals surface area (Å²) in [4.78, 5) is 11.1. The maximum absolute atomic E-state index is 11.1. The van der Waals surface area contributed by atoms with Crippen molar-refractivity contribution >= 4 is 23.1 Å². The van der Waals surface area contributed by atoms with E-state index in [9.17, 15) is 4.79 Å². The molecule has 0 aliphatic carbocycles. The molecule has 16 heavy (non-hydrogen) atoms. The van der Waals surface area contributed by atoms with Gasteiger partial charge in [-0.25, -0.2) is 4.79 Å². The highest BCUT2D eigenvalue weighted by molar-refractivity contribution is 6.30. The highest BCUT2D eigenvalue weighted by Crippen LogP contribution is 2.39. The number of hydrogen-bond acceptors (Lipinski definition) is 1. The lowest BCUT2D eigenvalue weighted by Crippen LogP contribution is -2.21. The smallest absolute Gasteiger partial charge is 0.129 e. The summed E-state index contributed by atoms with van der Waals surface area (Å²) in [5.41, 5.74) is 1.42. The molecule has 1 rings (SSSR count). The predicted octanol–water partition coefficient (Wildman–Crippen LogP) is 4.24. The Bertz CT molecular complexity index is 409. The van der Waals surface area contributed by atoms with Crippen molar-refractivity contribution in [2.24, 2.45) is 11.3 Å². The first-order valence-electron chi connectivity index (χ1n) is 5.41. The second-order valence-electron chi connectivity index (χ2n) is 4.86. The van der Waals surface area contributed by atoms with E-state index >= 15 is 0 Å². The Kier molecular flexibility index (Phi) is 3.96. The molecule has 0 N–H and O–H groups in total. The van der Waals surface area contributed by atoms with Gasteiger partial charge in [0.05, 0.1) is 0 Å². The average Bonchev–Trinajstić information content (AvgIpc) is 2.21. The van der Waals surface area contributed by atoms with Gasteiger partial charge in [-0.15, -0.1) is 0 Å². The molecular formula is C14H17ClO. The van der Waals surface area contributed by atoms with Gasteiger partial charge in [0.15, 0.2) is 0 Å². The number of hydrogen-bond donors (Lipinski definition) is 0. The first kappa shape index (κ1) is 13.0. The summed E-state index contributed by atoms with van der Waals surface area (Å²) in [6, 6.07) is 7.33. The Hall–Kier alpha value is -1.04. The van der Waals surface area contributed by atoms with Gasteiger partial charge in [-0.05, 0) is 23.6 Å². The van der Waals surface area contributed by atoms with E-state index in [1.807, 2.05) is 12.1 Å². The van der Waals surface area contributed by atoms with Crippen LogP contribution in [0.1, 0.15) is 33.3 Å². The summed E-state index contributed by atoms with van der Waals surface area (Å²) < 4.78 is 0. The van der Waals surface area contributed by atoms with Crippen LogP contribution < -0.4 is 0 Å². The van der Waals surface area contributed by atoms with Crippen LogP contribution in [-0.4, -0.2) is 5.94 Å². The van der Waals surface area contributed by atoms with E-state index in [4.69, 9.17) is 11.6 Å². The van der Waals surface area contributed by atoms with Crippen LogP contribution in [0.3, 0.4) is 0 Å². The summed E-state index contributed by atoms with van der Waals surface area (Å²) in [7, 11) is 0. The summed E-state index contributed by atoms with van der Waals surface area (Å²) in [5, 5.41) is 0.677. The fraction of sp³-hybridized carbons (Fsp3) is 0.429. The van der Waals surface area contributed by atoms with Crippen LogP contribution in [0.5, 0.6) is 0 Å². The minimum absolute atomic E-state index is 0.185. The highest BCUT2D eigenvalue weighted by atomic mass is 35.5. The van der Waals surface area contributed by atoms with Gasteiger partial charge in [-0.1, -0.05) is 51.4 Å². The zero-order valence-electron chi connectivity index (χ0n) is 10.2. The Morgan fingerprint density at radius 2 is 1.75 bits per heavy atom. The highest BCUT2D eigenvalue weighted by Gasteiger charge is 2.29. The molecule has 1 aromatic carbocycles. The Morgan fingerprint density at radius 1 is 1.25 bits per heavy atom. The Morgan fingerprint density at radius 3 is 2.12 bits per heavy atom. The van der Waals surface area contributed by atoms with Crippen LogP contribution in [0.2, 0.25) is 5.02 Å². The van der Waals surface area contributed by atoms with E-state index in [1.165, 1.54) is 0 Å². The van der Waals surface area contributed by atoms with Crippen LogP contribution in [0, 0.1) is 11.3 Å². The molecule has 1 aromatic rings. The largest absolute Gasteiger partial charge is 0.233 e. The maximum atomic E-state index is 11.1. The van der Waals surface area contributed by atoms with Gasteiger partial charge in [-0.3, -0.25) is 0 Å². The number of benzene rings is 1. The molecule has 0 aliphatic heterocycles. The zero-order chi connectivity index (χ0) is 12.3. The van der Waals surface area contributed by atoms with Crippen LogP contribution in [0.25, 0.3) is 5.57 Å². The van der Waals surface area contributed by atoms with Gasteiger partial charge in [0.2, 0.25) is 0 Å². The summed E-state index contributed by atoms with van der Waals surface area (Å²) in [6.07, 6.45) is 0. The second-order valence-corrected chi connectivity index (χ2v) is 5.30. The van der Waals surface area contributed by atoms with Crippen molar-refractivity contribution in [2.45, 2.75) is 27.7 Å². The van der Waals surface area contributed by atoms with Crippen molar-refractivity contribution < 1.29 is 4.79 Å². The Labute approximate surface area is 102 Å². The molecule has 0 heterocycles. The first-order valence-corrected chi connectivity index (χ1v) is 5.79. The standard InChI is InChI=1S/C14H17ClO/c1-10(2)14(3,4)13(9-16)11-5-7-12(15)8-6-11/h5-8,10H,1-4H3. The molecule has 0 aliphatic rings. The van der Waals surface area contributed by atoms with Gasteiger partial charge in [-0.2, -0.15) is 0 Å². The van der Waals surface area contributed by atoms with Crippen LogP contribution >= 0.6 is 11.6 Å². The van der Waals surface area contributed by atoms with Crippen molar-refractivity contribution in [3.8, 4) is 0 Å². The van der Waals surface area contributed by atoms with Crippen molar-refractivity contribution in [2.75, 3.05) is 0 Å². The lowest BCUT2D eigenvalue weighted by Gasteiger charge is -2.30. The lowest BCUT2D eigenvalue weighted by atomic mass is 9.73. The van der Waals surface area contributed by atoms with E-state index in [1.54, 1.807) is 12.1 Å². The summed E-state index contributed by atoms with van der Waals surface area (Å²) in [6.45, 7) is 8.33. The molecular weight excluding hydrogens is 220 g/mol. The van der Waals surface area contributed by atoms with E-state index in [-0.39, 0.29) is 5.41 Å². The molecule has 0 fully saturated rings. The SMILES string of the molecule is CC(C)C(C)(C)C(=C=O)c1ccc(Cl)cc1. The average molecular weight is 237 g/mol. The molecule has 86 valence electrons. The predicted molar refractivity (Wildman–Crippen MR) is 69.2 cm³/mol. The molecule has 0 saturated heterocycles. The molecule has 0 aromatic heterocycles. The van der Waals surface area contributed by atoms with Crippen molar-refractivity contribution in [1.29, 1.82) is 0 Å². The third kappa shape index (κ3) is 2.55. The summed E-state index contributed by atoms with van der Waals surface area (Å²) >= 11 is 5.83. The van der Waals surface area contributed by atoms with Gasteiger partial charge in [0.1, 0.15) is 5.94 Å². The molecule has 2 heteroatoms. The van der Waals surface area contributed by atoms with Gasteiger partial charge < -0.3 is 0 Å². The number of allylic oxidation sites excluding steroid dienone is 1. The van der Waals surface area contributed by atoms with E-state index in [2.05, 4.69) is 33.6 Å². The zero-order valence-corrected chi connectivity index (χ0v) is 10.9. The number of carbonyl (C=O) groups excluding carboxylic acids is 1. The maximum Gasteiger partial charge on any atom is 0.129 e. The van der Waals surface area contributed by atoms with Crippen molar-refractivity contribution in [1.82, 2.24) is 0 Å². The Balaban J connectivity index is 3.20. The summed E-state index contributed by atoms with van der Waals surface area (Å²) in [5.74, 6) is 2.46. The quantitative estimate of drug-likeness (QED) is 0.718. The van der Waals surface area contributed by atoms with E-state index in [0.29, 0.717) is 16.5 Å². The number of halogens is 1. The molecule has 0 bridgehead atoms. The second kappa shape index (κ2) is 4.86. The lowest BCUT2D eigenvalue weighted by molar-refractivity contribution is 0.349. The van der Waals surface area contributed by atoms with Crippen LogP contribution in [-0.2, 0) is 4.79 Å². The molecule has 0 spiro atoms. The minimum atomic E-state index is -0.185. The normalized spacial score (nSPS) is 11.4. The van der Waals surface area contributed by atoms with Crippen LogP contribution in [0.15, 0.2) is 24.3 Å². The third-order valence-electron chi connectivity index (χ3n) is 3.32. The van der Waals surface area contributed by atoms with Crippen LogP contribution in [0.4, 0.5) is 0 Å². The molecule has 0 radical (unpaired) electrons. The molecule has 0 atom stereocenters. The number of rotatable bonds is 3. The van der Waals surface area contributed by atoms with Gasteiger partial charge in [0, 0.05) is 16.0 Å². The third-order valence-corrected chi connectivity index (χ3v) is 3.57. The van der Waals surface area contributed by atoms with Gasteiger partial charge in [0.25, 0.3) is 0 Å². The minimum Gasteiger partial charge on any atom is -0.233 e. The first-order chi connectivity index (χ1) is 7.39. The fourth-order valence-electron chi connectivity index (χ4n) is 1.47. The van der Waals surface area contributed by atoms with E-state index < -0.39 is 0 Å². The molecule has 0 amide bonds. The van der Waals surface area contributed by atoms with Gasteiger partial charge >= 0.3 is 0 Å². The van der Waals surface area contributed by atoms with E-state index in [0.717, 1.165) is 5.56 Å². The monoisotopic (exact) mass is 236 g/mol. The molecule has 1 nitrogen and oxygen atoms in total. The fourth-order valence-corrected chi connectivity index (χ4v) is 1.59. The molecule has 0 unspecified atom stereocenters. The molecule has 0 saturated carbocycles. The van der Waals surface area contributed by atoms with Crippen molar-refractivity contribution in [3.05, 3.63) is 34.9 Å². The topological polar surface area (TPSA) is 17.1 Å². The van der Waals surface area contributed by atoms with Crippen molar-refractivity contribution in [3.63, 3.8) is 0 Å².